The fraction of sp³-hybridized carbons (Fsp3) is 0.238. The number of nitrogens with zero attached hydrogens (tertiary/aromatic N) is 2. The van der Waals surface area contributed by atoms with Crippen molar-refractivity contribution in [3.63, 3.8) is 0 Å². The van der Waals surface area contributed by atoms with E-state index in [1.165, 1.54) is 11.3 Å². The van der Waals surface area contributed by atoms with Gasteiger partial charge in [-0.25, -0.2) is 13.4 Å². The maximum absolute atomic E-state index is 12.5. The van der Waals surface area contributed by atoms with Gasteiger partial charge in [0.05, 0.1) is 14.9 Å². The molecule has 0 unspecified atom stereocenters. The van der Waals surface area contributed by atoms with Crippen LogP contribution < -0.4 is 14.9 Å². The van der Waals surface area contributed by atoms with Gasteiger partial charge >= 0.3 is 0 Å². The number of nitrogens with one attached hydrogen (secondary N) is 2. The van der Waals surface area contributed by atoms with Crippen LogP contribution in [0.25, 0.3) is 0 Å². The van der Waals surface area contributed by atoms with Crippen LogP contribution in [0.2, 0.25) is 10.0 Å². The third-order valence-corrected chi connectivity index (χ3v) is 8.09. The van der Waals surface area contributed by atoms with E-state index in [4.69, 9.17) is 23.2 Å². The predicted octanol–water partition coefficient (Wildman–Crippen LogP) is 4.65. The van der Waals surface area contributed by atoms with Gasteiger partial charge in [0.15, 0.2) is 5.13 Å². The van der Waals surface area contributed by atoms with Crippen LogP contribution in [0.15, 0.2) is 58.9 Å². The summed E-state index contributed by atoms with van der Waals surface area (Å²) in [6.45, 7) is 1.49. The molecule has 1 amide bonds. The summed E-state index contributed by atoms with van der Waals surface area (Å²) in [6, 6.07) is 11.6. The molecule has 4 rings (SSSR count). The molecule has 2 aromatic carbocycles. The van der Waals surface area contributed by atoms with E-state index in [2.05, 4.69) is 19.9 Å². The summed E-state index contributed by atoms with van der Waals surface area (Å²) in [5.41, 5.74) is 1.41. The number of sulfonamides is 1. The van der Waals surface area contributed by atoms with Crippen molar-refractivity contribution in [3.05, 3.63) is 69.7 Å². The van der Waals surface area contributed by atoms with E-state index >= 15 is 0 Å². The molecule has 3 aromatic rings. The lowest BCUT2D eigenvalue weighted by Gasteiger charge is -2.34. The second kappa shape index (κ2) is 9.66. The van der Waals surface area contributed by atoms with E-state index < -0.39 is 10.0 Å². The normalized spacial score (nSPS) is 14.9. The van der Waals surface area contributed by atoms with Gasteiger partial charge in [-0.05, 0) is 55.3 Å². The number of amides is 1. The Morgan fingerprint density at radius 1 is 1.06 bits per heavy atom. The standard InChI is InChI=1S/C21H20Cl2N4O3S2/c22-18-6-1-14(13-19(18)23)20(28)25-15-7-10-27(11-8-15)16-2-4-17(5-3-16)32(29,30)26-21-24-9-12-31-21/h1-6,9,12-13,15H,7-8,10-11H2,(H,24,26)(H,25,28). The van der Waals surface area contributed by atoms with Gasteiger partial charge in [-0.2, -0.15) is 0 Å². The van der Waals surface area contributed by atoms with Gasteiger partial charge in [-0.15, -0.1) is 11.3 Å². The molecule has 11 heteroatoms. The van der Waals surface area contributed by atoms with Crippen LogP contribution >= 0.6 is 34.5 Å². The zero-order valence-corrected chi connectivity index (χ0v) is 19.9. The van der Waals surface area contributed by atoms with Gasteiger partial charge in [0.25, 0.3) is 15.9 Å². The predicted molar refractivity (Wildman–Crippen MR) is 129 cm³/mol. The van der Waals surface area contributed by atoms with Crippen LogP contribution in [-0.2, 0) is 10.0 Å². The fourth-order valence-corrected chi connectivity index (χ4v) is 5.56. The van der Waals surface area contributed by atoms with Gasteiger partial charge in [-0.1, -0.05) is 23.2 Å². The van der Waals surface area contributed by atoms with Crippen molar-refractivity contribution in [2.45, 2.75) is 23.8 Å². The molecule has 32 heavy (non-hydrogen) atoms. The molecule has 7 nitrogen and oxygen atoms in total. The molecule has 2 N–H and O–H groups in total. The number of piperidine rings is 1. The average Bonchev–Trinajstić information content (AvgIpc) is 3.28. The molecule has 2 heterocycles. The molecule has 1 aromatic heterocycles. The van der Waals surface area contributed by atoms with Gasteiger partial charge < -0.3 is 10.2 Å². The molecule has 1 aliphatic heterocycles. The topological polar surface area (TPSA) is 91.4 Å². The largest absolute Gasteiger partial charge is 0.371 e. The first-order chi connectivity index (χ1) is 15.3. The third kappa shape index (κ3) is 5.35. The highest BCUT2D eigenvalue weighted by Gasteiger charge is 2.22. The first kappa shape index (κ1) is 22.8. The molecule has 1 aliphatic rings. The smallest absolute Gasteiger partial charge is 0.263 e. The first-order valence-electron chi connectivity index (χ1n) is 9.85. The quantitative estimate of drug-likeness (QED) is 0.503. The second-order valence-corrected chi connectivity index (χ2v) is 10.7. The molecule has 168 valence electrons. The number of carbonyl (C=O) groups excluding carboxylic acids is 1. The molecular weight excluding hydrogens is 491 g/mol. The Morgan fingerprint density at radius 3 is 2.41 bits per heavy atom. The molecule has 1 fully saturated rings. The van der Waals surface area contributed by atoms with Gasteiger partial charge in [-0.3, -0.25) is 9.52 Å². The van der Waals surface area contributed by atoms with E-state index in [1.807, 2.05) is 0 Å². The summed E-state index contributed by atoms with van der Waals surface area (Å²) in [4.78, 5) is 18.8. The third-order valence-electron chi connectivity index (χ3n) is 5.18. The molecule has 1 saturated heterocycles. The number of hydrogen-bond acceptors (Lipinski definition) is 6. The zero-order chi connectivity index (χ0) is 22.7. The second-order valence-electron chi connectivity index (χ2n) is 7.30. The van der Waals surface area contributed by atoms with Crippen LogP contribution in [0.1, 0.15) is 23.2 Å². The number of carbonyl (C=O) groups is 1. The molecule has 0 spiro atoms. The van der Waals surface area contributed by atoms with Crippen molar-refractivity contribution >= 4 is 61.3 Å². The highest BCUT2D eigenvalue weighted by Crippen LogP contribution is 2.25. The van der Waals surface area contributed by atoms with Crippen molar-refractivity contribution in [1.29, 1.82) is 0 Å². The van der Waals surface area contributed by atoms with Crippen LogP contribution in [0, 0.1) is 0 Å². The summed E-state index contributed by atoms with van der Waals surface area (Å²) >= 11 is 13.1. The summed E-state index contributed by atoms with van der Waals surface area (Å²) in [5, 5.41) is 5.84. The molecule has 0 bridgehead atoms. The number of thiazole rings is 1. The minimum atomic E-state index is -3.67. The minimum absolute atomic E-state index is 0.0513. The Kier molecular flexibility index (Phi) is 6.90. The maximum Gasteiger partial charge on any atom is 0.263 e. The van der Waals surface area contributed by atoms with Crippen LogP contribution in [0.5, 0.6) is 0 Å². The minimum Gasteiger partial charge on any atom is -0.371 e. The number of benzene rings is 2. The SMILES string of the molecule is O=C(NC1CCN(c2ccc(S(=O)(=O)Nc3nccs3)cc2)CC1)c1ccc(Cl)c(Cl)c1. The summed E-state index contributed by atoms with van der Waals surface area (Å²) in [5.74, 6) is -0.177. The summed E-state index contributed by atoms with van der Waals surface area (Å²) < 4.78 is 27.4. The zero-order valence-electron chi connectivity index (χ0n) is 16.8. The number of anilines is 2. The van der Waals surface area contributed by atoms with Gasteiger partial charge in [0.1, 0.15) is 0 Å². The maximum atomic E-state index is 12.5. The summed E-state index contributed by atoms with van der Waals surface area (Å²) in [6.07, 6.45) is 3.10. The lowest BCUT2D eigenvalue weighted by atomic mass is 10.0. The Bertz CT molecular complexity index is 1190. The number of aromatic nitrogens is 1. The van der Waals surface area contributed by atoms with Crippen molar-refractivity contribution in [1.82, 2.24) is 10.3 Å². The number of rotatable bonds is 6. The van der Waals surface area contributed by atoms with E-state index in [9.17, 15) is 13.2 Å². The molecule has 0 radical (unpaired) electrons. The monoisotopic (exact) mass is 510 g/mol. The van der Waals surface area contributed by atoms with Crippen LogP contribution in [-0.4, -0.2) is 38.4 Å². The van der Waals surface area contributed by atoms with E-state index in [-0.39, 0.29) is 16.8 Å². The highest BCUT2D eigenvalue weighted by molar-refractivity contribution is 7.93. The van der Waals surface area contributed by atoms with Crippen LogP contribution in [0.4, 0.5) is 10.8 Å². The van der Waals surface area contributed by atoms with Crippen molar-refractivity contribution in [3.8, 4) is 0 Å². The van der Waals surface area contributed by atoms with Gasteiger partial charge in [0.2, 0.25) is 0 Å². The lowest BCUT2D eigenvalue weighted by Crippen LogP contribution is -2.44. The van der Waals surface area contributed by atoms with E-state index in [0.717, 1.165) is 31.6 Å². The van der Waals surface area contributed by atoms with E-state index in [0.29, 0.717) is 20.7 Å². The van der Waals surface area contributed by atoms with Crippen LogP contribution in [0.3, 0.4) is 0 Å². The molecule has 0 aliphatic carbocycles. The average molecular weight is 511 g/mol. The van der Waals surface area contributed by atoms with E-state index in [1.54, 1.807) is 54.0 Å². The summed E-state index contributed by atoms with van der Waals surface area (Å²) in [7, 11) is -3.67. The Labute approximate surface area is 200 Å². The Balaban J connectivity index is 1.33. The Morgan fingerprint density at radius 2 is 1.78 bits per heavy atom. The molecule has 0 atom stereocenters. The number of halogens is 2. The van der Waals surface area contributed by atoms with Gasteiger partial charge in [0, 0.05) is 42.0 Å². The lowest BCUT2D eigenvalue weighted by molar-refractivity contribution is 0.0931. The number of hydrogen-bond donors (Lipinski definition) is 2. The van der Waals surface area contributed by atoms with Crippen molar-refractivity contribution in [2.24, 2.45) is 0 Å². The highest BCUT2D eigenvalue weighted by atomic mass is 35.5. The molecular formula is C21H20Cl2N4O3S2. The first-order valence-corrected chi connectivity index (χ1v) is 13.0. The fourth-order valence-electron chi connectivity index (χ4n) is 3.47. The van der Waals surface area contributed by atoms with Crippen molar-refractivity contribution in [2.75, 3.05) is 22.7 Å². The molecule has 0 saturated carbocycles. The van der Waals surface area contributed by atoms with Crippen molar-refractivity contribution < 1.29 is 13.2 Å². The Hall–Kier alpha value is -2.33.